The second kappa shape index (κ2) is 6.31. The maximum Gasteiger partial charge on any atom is 0.258 e. The van der Waals surface area contributed by atoms with Crippen molar-refractivity contribution in [1.82, 2.24) is 9.97 Å². The minimum Gasteiger partial charge on any atom is -0.384 e. The van der Waals surface area contributed by atoms with Crippen LogP contribution in [0.4, 0.5) is 5.82 Å². The molecule has 0 saturated heterocycles. The van der Waals surface area contributed by atoms with Crippen LogP contribution in [0.5, 0.6) is 0 Å². The molecule has 0 aliphatic heterocycles. The van der Waals surface area contributed by atoms with Gasteiger partial charge in [-0.25, -0.2) is 4.98 Å². The highest BCUT2D eigenvalue weighted by atomic mass is 16.2. The first-order valence-corrected chi connectivity index (χ1v) is 5.76. The average molecular weight is 269 g/mol. The lowest BCUT2D eigenvalue weighted by molar-refractivity contribution is 0.102. The molecule has 0 radical (unpaired) electrons. The Morgan fingerprint density at radius 1 is 1.35 bits per heavy atom. The molecule has 0 aliphatic rings. The molecule has 2 heterocycles. The molecule has 2 aromatic heterocycles. The Morgan fingerprint density at radius 3 is 2.90 bits per heavy atom. The van der Waals surface area contributed by atoms with Gasteiger partial charge in [0.25, 0.3) is 5.91 Å². The number of H-pyrrole nitrogens is 1. The molecule has 0 aromatic carbocycles. The van der Waals surface area contributed by atoms with Gasteiger partial charge < -0.3 is 15.4 Å². The normalized spacial score (nSPS) is 9.45. The van der Waals surface area contributed by atoms with Crippen LogP contribution in [-0.4, -0.2) is 27.6 Å². The number of carbonyl (C=O) groups excluding carboxylic acids is 1. The Labute approximate surface area is 114 Å². The quantitative estimate of drug-likeness (QED) is 0.686. The standard InChI is InChI=1S/C14H11N3O3/c18-8-2-4-11-3-1-5-12(16-11)17-14(20)10-6-7-13(19)15-9-10/h1,3,5-7,9,18H,8H2,(H,15,19)(H,16,17,20). The van der Waals surface area contributed by atoms with Gasteiger partial charge >= 0.3 is 0 Å². The predicted molar refractivity (Wildman–Crippen MR) is 73.2 cm³/mol. The number of anilines is 1. The van der Waals surface area contributed by atoms with Crippen molar-refractivity contribution in [1.29, 1.82) is 0 Å². The first-order valence-electron chi connectivity index (χ1n) is 5.76. The Morgan fingerprint density at radius 2 is 2.20 bits per heavy atom. The Bertz CT molecular complexity index is 721. The summed E-state index contributed by atoms with van der Waals surface area (Å²) >= 11 is 0. The molecule has 0 aliphatic carbocycles. The molecule has 0 fully saturated rings. The Balaban J connectivity index is 2.15. The number of aliphatic hydroxyl groups is 1. The molecule has 0 spiro atoms. The highest BCUT2D eigenvalue weighted by Gasteiger charge is 2.06. The maximum atomic E-state index is 11.9. The molecule has 2 aromatic rings. The fourth-order valence-corrected chi connectivity index (χ4v) is 1.44. The zero-order chi connectivity index (χ0) is 14.4. The molecule has 0 atom stereocenters. The fourth-order valence-electron chi connectivity index (χ4n) is 1.44. The maximum absolute atomic E-state index is 11.9. The number of carbonyl (C=O) groups is 1. The van der Waals surface area contributed by atoms with E-state index in [0.717, 1.165) is 0 Å². The first kappa shape index (κ1) is 13.5. The molecule has 0 bridgehead atoms. The van der Waals surface area contributed by atoms with Crippen LogP contribution in [0.3, 0.4) is 0 Å². The Kier molecular flexibility index (Phi) is 4.27. The number of amides is 1. The minimum absolute atomic E-state index is 0.254. The molecule has 2 rings (SSSR count). The number of aromatic nitrogens is 2. The van der Waals surface area contributed by atoms with E-state index in [0.29, 0.717) is 17.1 Å². The summed E-state index contributed by atoms with van der Waals surface area (Å²) in [7, 11) is 0. The number of nitrogens with one attached hydrogen (secondary N) is 2. The molecule has 0 unspecified atom stereocenters. The van der Waals surface area contributed by atoms with Gasteiger partial charge in [0.1, 0.15) is 18.1 Å². The highest BCUT2D eigenvalue weighted by molar-refractivity contribution is 6.03. The third-order valence-corrected chi connectivity index (χ3v) is 2.33. The van der Waals surface area contributed by atoms with Crippen molar-refractivity contribution in [3.05, 3.63) is 58.1 Å². The van der Waals surface area contributed by atoms with Crippen molar-refractivity contribution in [2.45, 2.75) is 0 Å². The summed E-state index contributed by atoms with van der Waals surface area (Å²) in [4.78, 5) is 29.3. The van der Waals surface area contributed by atoms with Crippen molar-refractivity contribution in [2.24, 2.45) is 0 Å². The zero-order valence-electron chi connectivity index (χ0n) is 10.4. The average Bonchev–Trinajstić information content (AvgIpc) is 2.46. The lowest BCUT2D eigenvalue weighted by Crippen LogP contribution is -2.15. The smallest absolute Gasteiger partial charge is 0.258 e. The van der Waals surface area contributed by atoms with Crippen molar-refractivity contribution in [2.75, 3.05) is 11.9 Å². The van der Waals surface area contributed by atoms with E-state index in [1.807, 2.05) is 0 Å². The summed E-state index contributed by atoms with van der Waals surface area (Å²) in [6.45, 7) is -0.254. The van der Waals surface area contributed by atoms with E-state index in [4.69, 9.17) is 5.11 Å². The third-order valence-electron chi connectivity index (χ3n) is 2.33. The van der Waals surface area contributed by atoms with E-state index < -0.39 is 0 Å². The summed E-state index contributed by atoms with van der Waals surface area (Å²) in [5.41, 5.74) is 0.484. The SMILES string of the molecule is O=C(Nc1cccc(C#CCO)n1)c1ccc(=O)[nH]c1. The van der Waals surface area contributed by atoms with Crippen LogP contribution in [0, 0.1) is 11.8 Å². The number of rotatable bonds is 2. The molecule has 1 amide bonds. The number of hydrogen-bond donors (Lipinski definition) is 3. The topological polar surface area (TPSA) is 95.1 Å². The third kappa shape index (κ3) is 3.54. The molecular weight excluding hydrogens is 258 g/mol. The van der Waals surface area contributed by atoms with Gasteiger partial charge in [0.2, 0.25) is 5.56 Å². The van der Waals surface area contributed by atoms with Crippen LogP contribution in [0.15, 0.2) is 41.3 Å². The van der Waals surface area contributed by atoms with Gasteiger partial charge in [0.15, 0.2) is 0 Å². The highest BCUT2D eigenvalue weighted by Crippen LogP contribution is 2.06. The van der Waals surface area contributed by atoms with Crippen LogP contribution in [0.1, 0.15) is 16.1 Å². The summed E-state index contributed by atoms with van der Waals surface area (Å²) in [6, 6.07) is 7.66. The summed E-state index contributed by atoms with van der Waals surface area (Å²) in [6.07, 6.45) is 1.33. The second-order valence-corrected chi connectivity index (χ2v) is 3.76. The van der Waals surface area contributed by atoms with E-state index in [1.165, 1.54) is 18.3 Å². The van der Waals surface area contributed by atoms with Crippen molar-refractivity contribution >= 4 is 11.7 Å². The van der Waals surface area contributed by atoms with Crippen molar-refractivity contribution in [3.8, 4) is 11.8 Å². The predicted octanol–water partition coefficient (Wildman–Crippen LogP) is 0.366. The van der Waals surface area contributed by atoms with E-state index in [1.54, 1.807) is 18.2 Å². The van der Waals surface area contributed by atoms with E-state index in [2.05, 4.69) is 27.1 Å². The molecule has 20 heavy (non-hydrogen) atoms. The van der Waals surface area contributed by atoms with Gasteiger partial charge in [-0.1, -0.05) is 12.0 Å². The number of aromatic amines is 1. The van der Waals surface area contributed by atoms with Gasteiger partial charge in [-0.2, -0.15) is 0 Å². The van der Waals surface area contributed by atoms with Gasteiger partial charge in [0.05, 0.1) is 5.56 Å². The van der Waals surface area contributed by atoms with Gasteiger partial charge in [-0.05, 0) is 24.1 Å². The van der Waals surface area contributed by atoms with Crippen molar-refractivity contribution in [3.63, 3.8) is 0 Å². The zero-order valence-corrected chi connectivity index (χ0v) is 10.4. The van der Waals surface area contributed by atoms with Gasteiger partial charge in [0, 0.05) is 12.3 Å². The lowest BCUT2D eigenvalue weighted by atomic mass is 10.2. The van der Waals surface area contributed by atoms with Crippen molar-refractivity contribution < 1.29 is 9.90 Å². The van der Waals surface area contributed by atoms with E-state index in [9.17, 15) is 9.59 Å². The molecule has 3 N–H and O–H groups in total. The minimum atomic E-state index is -0.388. The molecule has 6 nitrogen and oxygen atoms in total. The second-order valence-electron chi connectivity index (χ2n) is 3.76. The molecule has 0 saturated carbocycles. The summed E-state index contributed by atoms with van der Waals surface area (Å²) < 4.78 is 0. The number of pyridine rings is 2. The monoisotopic (exact) mass is 269 g/mol. The summed E-state index contributed by atoms with van der Waals surface area (Å²) in [5.74, 6) is 5.07. The number of hydrogen-bond acceptors (Lipinski definition) is 4. The summed E-state index contributed by atoms with van der Waals surface area (Å²) in [5, 5.41) is 11.2. The Hall–Kier alpha value is -2.91. The number of aliphatic hydroxyl groups excluding tert-OH is 1. The largest absolute Gasteiger partial charge is 0.384 e. The van der Waals surface area contributed by atoms with E-state index >= 15 is 0 Å². The number of nitrogens with zero attached hydrogens (tertiary/aromatic N) is 1. The van der Waals surface area contributed by atoms with Gasteiger partial charge in [-0.3, -0.25) is 9.59 Å². The molecular formula is C14H11N3O3. The van der Waals surface area contributed by atoms with Gasteiger partial charge in [-0.15, -0.1) is 0 Å². The molecule has 100 valence electrons. The lowest BCUT2D eigenvalue weighted by Gasteiger charge is -2.04. The fraction of sp³-hybridized carbons (Fsp3) is 0.0714. The van der Waals surface area contributed by atoms with Crippen LogP contribution >= 0.6 is 0 Å². The van der Waals surface area contributed by atoms with Crippen LogP contribution < -0.4 is 10.9 Å². The van der Waals surface area contributed by atoms with Crippen LogP contribution in [-0.2, 0) is 0 Å². The molecule has 6 heteroatoms. The first-order chi connectivity index (χ1) is 9.69. The van der Waals surface area contributed by atoms with Crippen LogP contribution in [0.25, 0.3) is 0 Å². The van der Waals surface area contributed by atoms with E-state index in [-0.39, 0.29) is 18.1 Å². The van der Waals surface area contributed by atoms with Crippen LogP contribution in [0.2, 0.25) is 0 Å².